The molecule has 1 nitrogen and oxygen atoms in total. The highest BCUT2D eigenvalue weighted by molar-refractivity contribution is 7.99. The lowest BCUT2D eigenvalue weighted by atomic mass is 10.0. The van der Waals surface area contributed by atoms with Crippen molar-refractivity contribution in [2.24, 2.45) is 0 Å². The number of rotatable bonds is 6. The van der Waals surface area contributed by atoms with E-state index in [0.717, 1.165) is 17.3 Å². The van der Waals surface area contributed by atoms with Crippen molar-refractivity contribution in [3.8, 4) is 0 Å². The highest BCUT2D eigenvalue weighted by Crippen LogP contribution is 2.38. The lowest BCUT2D eigenvalue weighted by molar-refractivity contribution is 0.437. The summed E-state index contributed by atoms with van der Waals surface area (Å²) < 4.78 is 0. The van der Waals surface area contributed by atoms with Gasteiger partial charge in [-0.3, -0.25) is 0 Å². The number of halogens is 1. The topological polar surface area (TPSA) is 3.24 Å². The zero-order chi connectivity index (χ0) is 14.4. The molecule has 0 amide bonds. The van der Waals surface area contributed by atoms with E-state index in [1.807, 2.05) is 23.9 Å². The highest BCUT2D eigenvalue weighted by atomic mass is 35.5. The van der Waals surface area contributed by atoms with Crippen LogP contribution in [0.1, 0.15) is 16.4 Å². The Bertz CT molecular complexity index is 528. The van der Waals surface area contributed by atoms with E-state index in [0.29, 0.717) is 5.25 Å². The first-order valence-corrected chi connectivity index (χ1v) is 8.17. The van der Waals surface area contributed by atoms with Gasteiger partial charge in [0, 0.05) is 17.3 Å². The number of nitrogens with zero attached hydrogens (tertiary/aromatic N) is 1. The van der Waals surface area contributed by atoms with E-state index in [-0.39, 0.29) is 0 Å². The van der Waals surface area contributed by atoms with Crippen LogP contribution >= 0.6 is 23.4 Å². The van der Waals surface area contributed by atoms with Gasteiger partial charge in [-0.15, -0.1) is 11.8 Å². The van der Waals surface area contributed by atoms with Crippen LogP contribution in [0.25, 0.3) is 0 Å². The van der Waals surface area contributed by atoms with Crippen LogP contribution in [0.5, 0.6) is 0 Å². The quantitative estimate of drug-likeness (QED) is 0.759. The van der Waals surface area contributed by atoms with Crippen LogP contribution in [0.2, 0.25) is 5.02 Å². The van der Waals surface area contributed by atoms with Crippen molar-refractivity contribution in [1.29, 1.82) is 0 Å². The molecule has 0 aliphatic rings. The minimum Gasteiger partial charge on any atom is -0.309 e. The number of thioether (sulfide) groups is 1. The summed E-state index contributed by atoms with van der Waals surface area (Å²) in [5.74, 6) is 1.08. The molecule has 0 aliphatic heterocycles. The average Bonchev–Trinajstić information content (AvgIpc) is 2.45. The molecule has 0 aliphatic carbocycles. The van der Waals surface area contributed by atoms with Crippen LogP contribution in [-0.4, -0.2) is 31.3 Å². The minimum atomic E-state index is 0.296. The van der Waals surface area contributed by atoms with E-state index in [4.69, 9.17) is 11.6 Å². The molecule has 1 atom stereocenters. The number of benzene rings is 2. The molecule has 2 rings (SSSR count). The third-order valence-electron chi connectivity index (χ3n) is 3.11. The van der Waals surface area contributed by atoms with Crippen LogP contribution in [0.3, 0.4) is 0 Å². The van der Waals surface area contributed by atoms with Crippen molar-refractivity contribution in [1.82, 2.24) is 4.90 Å². The van der Waals surface area contributed by atoms with Gasteiger partial charge in [0.2, 0.25) is 0 Å². The van der Waals surface area contributed by atoms with Crippen LogP contribution in [0.4, 0.5) is 0 Å². The Hall–Kier alpha value is -0.960. The van der Waals surface area contributed by atoms with Crippen LogP contribution in [-0.2, 0) is 0 Å². The summed E-state index contributed by atoms with van der Waals surface area (Å²) in [6.45, 7) is 1.07. The molecule has 0 aromatic heterocycles. The summed E-state index contributed by atoms with van der Waals surface area (Å²) in [4.78, 5) is 2.21. The van der Waals surface area contributed by atoms with Gasteiger partial charge in [-0.1, -0.05) is 60.1 Å². The van der Waals surface area contributed by atoms with Gasteiger partial charge in [-0.05, 0) is 31.3 Å². The van der Waals surface area contributed by atoms with Crippen LogP contribution in [0.15, 0.2) is 54.6 Å². The van der Waals surface area contributed by atoms with Gasteiger partial charge in [0.15, 0.2) is 0 Å². The molecule has 0 heterocycles. The molecule has 0 saturated heterocycles. The maximum absolute atomic E-state index is 6.39. The normalized spacial score (nSPS) is 12.6. The maximum Gasteiger partial charge on any atom is 0.0561 e. The molecule has 0 bridgehead atoms. The maximum atomic E-state index is 6.39. The van der Waals surface area contributed by atoms with Crippen molar-refractivity contribution in [2.45, 2.75) is 5.25 Å². The van der Waals surface area contributed by atoms with Gasteiger partial charge in [0.1, 0.15) is 0 Å². The van der Waals surface area contributed by atoms with Crippen molar-refractivity contribution >= 4 is 23.4 Å². The van der Waals surface area contributed by atoms with E-state index in [1.165, 1.54) is 11.1 Å². The predicted molar refractivity (Wildman–Crippen MR) is 90.7 cm³/mol. The second-order valence-electron chi connectivity index (χ2n) is 4.99. The summed E-state index contributed by atoms with van der Waals surface area (Å²) in [6, 6.07) is 18.7. The fraction of sp³-hybridized carbons (Fsp3) is 0.294. The van der Waals surface area contributed by atoms with Crippen molar-refractivity contribution in [3.05, 3.63) is 70.7 Å². The Kier molecular flexibility index (Phi) is 5.96. The summed E-state index contributed by atoms with van der Waals surface area (Å²) in [5.41, 5.74) is 2.51. The molecule has 0 saturated carbocycles. The highest BCUT2D eigenvalue weighted by Gasteiger charge is 2.16. The average molecular weight is 306 g/mol. The Balaban J connectivity index is 2.23. The largest absolute Gasteiger partial charge is 0.309 e. The molecule has 106 valence electrons. The van der Waals surface area contributed by atoms with Gasteiger partial charge in [-0.25, -0.2) is 0 Å². The predicted octanol–water partition coefficient (Wildman–Crippen LogP) is 4.72. The molecule has 0 N–H and O–H groups in total. The molecule has 0 radical (unpaired) electrons. The fourth-order valence-electron chi connectivity index (χ4n) is 2.03. The molecule has 0 spiro atoms. The minimum absolute atomic E-state index is 0.296. The van der Waals surface area contributed by atoms with E-state index in [2.05, 4.69) is 61.5 Å². The molecular formula is C17H20ClNS. The molecule has 2 aromatic carbocycles. The van der Waals surface area contributed by atoms with E-state index >= 15 is 0 Å². The lowest BCUT2D eigenvalue weighted by Crippen LogP contribution is -2.15. The standard InChI is InChI=1S/C17H20ClNS/c1-19(2)12-13-20-17(14-8-4-3-5-9-14)15-10-6-7-11-16(15)18/h3-11,17H,12-13H2,1-2H3/t17-/m1/s1. The Morgan fingerprint density at radius 3 is 2.30 bits per heavy atom. The third-order valence-corrected chi connectivity index (χ3v) is 4.73. The van der Waals surface area contributed by atoms with E-state index in [9.17, 15) is 0 Å². The Morgan fingerprint density at radius 1 is 1.00 bits per heavy atom. The van der Waals surface area contributed by atoms with Gasteiger partial charge in [-0.2, -0.15) is 0 Å². The molecule has 20 heavy (non-hydrogen) atoms. The van der Waals surface area contributed by atoms with E-state index < -0.39 is 0 Å². The first-order chi connectivity index (χ1) is 9.68. The summed E-state index contributed by atoms with van der Waals surface area (Å²) in [6.07, 6.45) is 0. The summed E-state index contributed by atoms with van der Waals surface area (Å²) in [7, 11) is 4.21. The summed E-state index contributed by atoms with van der Waals surface area (Å²) in [5, 5.41) is 1.14. The summed E-state index contributed by atoms with van der Waals surface area (Å²) >= 11 is 8.33. The van der Waals surface area contributed by atoms with Gasteiger partial charge in [0.05, 0.1) is 5.25 Å². The van der Waals surface area contributed by atoms with Crippen LogP contribution < -0.4 is 0 Å². The zero-order valence-electron chi connectivity index (χ0n) is 11.9. The second kappa shape index (κ2) is 7.72. The van der Waals surface area contributed by atoms with Crippen molar-refractivity contribution in [2.75, 3.05) is 26.4 Å². The first-order valence-electron chi connectivity index (χ1n) is 6.74. The van der Waals surface area contributed by atoms with Gasteiger partial charge < -0.3 is 4.90 Å². The molecule has 0 fully saturated rings. The SMILES string of the molecule is CN(C)CCS[C@H](c1ccccc1)c1ccccc1Cl. The van der Waals surface area contributed by atoms with Crippen molar-refractivity contribution in [3.63, 3.8) is 0 Å². The number of hydrogen-bond donors (Lipinski definition) is 0. The van der Waals surface area contributed by atoms with E-state index in [1.54, 1.807) is 0 Å². The monoisotopic (exact) mass is 305 g/mol. The Labute approximate surface area is 130 Å². The van der Waals surface area contributed by atoms with Gasteiger partial charge in [0.25, 0.3) is 0 Å². The van der Waals surface area contributed by atoms with Crippen LogP contribution in [0, 0.1) is 0 Å². The molecule has 0 unspecified atom stereocenters. The molecule has 3 heteroatoms. The zero-order valence-corrected chi connectivity index (χ0v) is 13.5. The van der Waals surface area contributed by atoms with Crippen molar-refractivity contribution < 1.29 is 0 Å². The first kappa shape index (κ1) is 15.4. The molecule has 2 aromatic rings. The Morgan fingerprint density at radius 2 is 1.65 bits per heavy atom. The second-order valence-corrected chi connectivity index (χ2v) is 6.61. The van der Waals surface area contributed by atoms with Gasteiger partial charge >= 0.3 is 0 Å². The fourth-order valence-corrected chi connectivity index (χ4v) is 3.78. The lowest BCUT2D eigenvalue weighted by Gasteiger charge is -2.20. The smallest absolute Gasteiger partial charge is 0.0561 e. The number of hydrogen-bond acceptors (Lipinski definition) is 2. The third kappa shape index (κ3) is 4.27. The molecular weight excluding hydrogens is 286 g/mol.